The van der Waals surface area contributed by atoms with Gasteiger partial charge in [0, 0.05) is 11.8 Å². The van der Waals surface area contributed by atoms with E-state index in [1.807, 2.05) is 19.9 Å². The van der Waals surface area contributed by atoms with Gasteiger partial charge in [-0.1, -0.05) is 12.1 Å². The van der Waals surface area contributed by atoms with Crippen LogP contribution in [0.1, 0.15) is 21.5 Å². The summed E-state index contributed by atoms with van der Waals surface area (Å²) in [5.74, 6) is -0.354. The number of halogens is 1. The summed E-state index contributed by atoms with van der Waals surface area (Å²) in [7, 11) is 2.95. The van der Waals surface area contributed by atoms with Crippen molar-refractivity contribution in [3.63, 3.8) is 0 Å². The van der Waals surface area contributed by atoms with E-state index >= 15 is 0 Å². The molecule has 2 aromatic rings. The van der Waals surface area contributed by atoms with E-state index in [0.29, 0.717) is 11.4 Å². The standard InChI is InChI=1S/C17H18FNO3/c1-10-8-11(2)15(22-4)9-13(10)19-17(20)16-12(18)6-5-7-14(16)21-3/h5-9H,1-4H3,(H,19,20). The Morgan fingerprint density at radius 3 is 2.36 bits per heavy atom. The van der Waals surface area contributed by atoms with Gasteiger partial charge in [-0.2, -0.15) is 0 Å². The molecular formula is C17H18FNO3. The van der Waals surface area contributed by atoms with Gasteiger partial charge >= 0.3 is 0 Å². The molecule has 0 saturated carbocycles. The molecule has 2 rings (SSSR count). The number of hydrogen-bond acceptors (Lipinski definition) is 3. The van der Waals surface area contributed by atoms with Gasteiger partial charge in [0.05, 0.1) is 14.2 Å². The SMILES string of the molecule is COc1cc(NC(=O)c2c(F)cccc2OC)c(C)cc1C. The highest BCUT2D eigenvalue weighted by Crippen LogP contribution is 2.28. The molecule has 1 amide bonds. The fourth-order valence-corrected chi connectivity index (χ4v) is 2.27. The van der Waals surface area contributed by atoms with E-state index < -0.39 is 11.7 Å². The van der Waals surface area contributed by atoms with Gasteiger partial charge in [0.2, 0.25) is 0 Å². The van der Waals surface area contributed by atoms with Crippen molar-refractivity contribution in [1.82, 2.24) is 0 Å². The highest BCUT2D eigenvalue weighted by atomic mass is 19.1. The van der Waals surface area contributed by atoms with Crippen molar-refractivity contribution in [1.29, 1.82) is 0 Å². The van der Waals surface area contributed by atoms with Crippen LogP contribution in [0, 0.1) is 19.7 Å². The third-order valence-electron chi connectivity index (χ3n) is 3.41. The van der Waals surface area contributed by atoms with E-state index in [-0.39, 0.29) is 11.3 Å². The molecule has 0 bridgehead atoms. The largest absolute Gasteiger partial charge is 0.496 e. The van der Waals surface area contributed by atoms with Crippen molar-refractivity contribution in [2.75, 3.05) is 19.5 Å². The molecule has 0 heterocycles. The molecule has 0 atom stereocenters. The highest BCUT2D eigenvalue weighted by molar-refractivity contribution is 6.06. The van der Waals surface area contributed by atoms with Gasteiger partial charge < -0.3 is 14.8 Å². The fraction of sp³-hybridized carbons (Fsp3) is 0.235. The molecule has 0 aromatic heterocycles. The first-order valence-electron chi connectivity index (χ1n) is 6.77. The van der Waals surface area contributed by atoms with E-state index in [0.717, 1.165) is 11.1 Å². The molecule has 0 unspecified atom stereocenters. The Kier molecular flexibility index (Phi) is 4.65. The van der Waals surface area contributed by atoms with E-state index in [1.165, 1.54) is 19.2 Å². The summed E-state index contributed by atoms with van der Waals surface area (Å²) in [6.07, 6.45) is 0. The Hall–Kier alpha value is -2.56. The molecular weight excluding hydrogens is 285 g/mol. The first kappa shape index (κ1) is 15.8. The van der Waals surface area contributed by atoms with Crippen LogP contribution in [0.2, 0.25) is 0 Å². The van der Waals surface area contributed by atoms with Crippen molar-refractivity contribution in [2.24, 2.45) is 0 Å². The fourth-order valence-electron chi connectivity index (χ4n) is 2.27. The van der Waals surface area contributed by atoms with Crippen LogP contribution < -0.4 is 14.8 Å². The van der Waals surface area contributed by atoms with Gasteiger partial charge in [-0.05, 0) is 37.1 Å². The number of hydrogen-bond donors (Lipinski definition) is 1. The zero-order chi connectivity index (χ0) is 16.3. The van der Waals surface area contributed by atoms with E-state index in [4.69, 9.17) is 9.47 Å². The minimum absolute atomic E-state index is 0.121. The van der Waals surface area contributed by atoms with E-state index in [2.05, 4.69) is 5.32 Å². The predicted molar refractivity (Wildman–Crippen MR) is 83.4 cm³/mol. The number of nitrogens with one attached hydrogen (secondary N) is 1. The number of amides is 1. The average Bonchev–Trinajstić information content (AvgIpc) is 2.49. The van der Waals surface area contributed by atoms with E-state index in [9.17, 15) is 9.18 Å². The maximum Gasteiger partial charge on any atom is 0.262 e. The number of benzene rings is 2. The van der Waals surface area contributed by atoms with Gasteiger partial charge in [-0.25, -0.2) is 4.39 Å². The Balaban J connectivity index is 2.38. The first-order valence-corrected chi connectivity index (χ1v) is 6.77. The zero-order valence-corrected chi connectivity index (χ0v) is 13.0. The molecule has 22 heavy (non-hydrogen) atoms. The lowest BCUT2D eigenvalue weighted by molar-refractivity contribution is 0.102. The molecule has 0 spiro atoms. The molecule has 2 aromatic carbocycles. The Bertz CT molecular complexity index is 713. The Morgan fingerprint density at radius 2 is 1.73 bits per heavy atom. The molecule has 0 aliphatic rings. The van der Waals surface area contributed by atoms with Crippen LogP contribution in [0.15, 0.2) is 30.3 Å². The number of methoxy groups -OCH3 is 2. The topological polar surface area (TPSA) is 47.6 Å². The summed E-state index contributed by atoms with van der Waals surface area (Å²) in [5.41, 5.74) is 2.27. The van der Waals surface area contributed by atoms with Gasteiger partial charge in [-0.15, -0.1) is 0 Å². The van der Waals surface area contributed by atoms with Gasteiger partial charge in [0.25, 0.3) is 5.91 Å². The van der Waals surface area contributed by atoms with Gasteiger partial charge in [0.15, 0.2) is 0 Å². The Labute approximate surface area is 128 Å². The summed E-state index contributed by atoms with van der Waals surface area (Å²) in [6, 6.07) is 7.87. The molecule has 0 fully saturated rings. The number of anilines is 1. The second-order valence-electron chi connectivity index (χ2n) is 4.91. The summed E-state index contributed by atoms with van der Waals surface area (Å²) in [6.45, 7) is 3.78. The minimum atomic E-state index is -0.631. The summed E-state index contributed by atoms with van der Waals surface area (Å²) >= 11 is 0. The molecule has 5 heteroatoms. The highest BCUT2D eigenvalue weighted by Gasteiger charge is 2.18. The number of carbonyl (C=O) groups is 1. The van der Waals surface area contributed by atoms with Crippen LogP contribution in [-0.4, -0.2) is 20.1 Å². The molecule has 116 valence electrons. The van der Waals surface area contributed by atoms with Crippen molar-refractivity contribution >= 4 is 11.6 Å². The van der Waals surface area contributed by atoms with Gasteiger partial charge in [-0.3, -0.25) is 4.79 Å². The number of aryl methyl sites for hydroxylation is 2. The monoisotopic (exact) mass is 303 g/mol. The minimum Gasteiger partial charge on any atom is -0.496 e. The lowest BCUT2D eigenvalue weighted by atomic mass is 10.1. The first-order chi connectivity index (χ1) is 10.5. The van der Waals surface area contributed by atoms with Crippen LogP contribution in [0.4, 0.5) is 10.1 Å². The van der Waals surface area contributed by atoms with E-state index in [1.54, 1.807) is 19.2 Å². The number of carbonyl (C=O) groups excluding carboxylic acids is 1. The van der Waals surface area contributed by atoms with Crippen LogP contribution in [-0.2, 0) is 0 Å². The summed E-state index contributed by atoms with van der Waals surface area (Å²) < 4.78 is 24.2. The lowest BCUT2D eigenvalue weighted by Crippen LogP contribution is -2.16. The molecule has 0 saturated heterocycles. The predicted octanol–water partition coefficient (Wildman–Crippen LogP) is 3.71. The molecule has 0 radical (unpaired) electrons. The van der Waals surface area contributed by atoms with Crippen molar-refractivity contribution < 1.29 is 18.7 Å². The Morgan fingerprint density at radius 1 is 1.05 bits per heavy atom. The summed E-state index contributed by atoms with van der Waals surface area (Å²) in [4.78, 5) is 12.4. The number of rotatable bonds is 4. The van der Waals surface area contributed by atoms with Crippen LogP contribution >= 0.6 is 0 Å². The second kappa shape index (κ2) is 6.47. The molecule has 4 nitrogen and oxygen atoms in total. The normalized spacial score (nSPS) is 10.2. The van der Waals surface area contributed by atoms with Crippen LogP contribution in [0.5, 0.6) is 11.5 Å². The summed E-state index contributed by atoms with van der Waals surface area (Å²) in [5, 5.41) is 2.71. The molecule has 0 aliphatic heterocycles. The van der Waals surface area contributed by atoms with Crippen molar-refractivity contribution in [3.05, 3.63) is 52.8 Å². The third-order valence-corrected chi connectivity index (χ3v) is 3.41. The van der Waals surface area contributed by atoms with Crippen LogP contribution in [0.3, 0.4) is 0 Å². The maximum atomic E-state index is 13.9. The second-order valence-corrected chi connectivity index (χ2v) is 4.91. The van der Waals surface area contributed by atoms with Gasteiger partial charge in [0.1, 0.15) is 22.9 Å². The molecule has 0 aliphatic carbocycles. The third kappa shape index (κ3) is 3.03. The quantitative estimate of drug-likeness (QED) is 0.936. The average molecular weight is 303 g/mol. The maximum absolute atomic E-state index is 13.9. The smallest absolute Gasteiger partial charge is 0.262 e. The lowest BCUT2D eigenvalue weighted by Gasteiger charge is -2.14. The zero-order valence-electron chi connectivity index (χ0n) is 13.0. The van der Waals surface area contributed by atoms with Crippen molar-refractivity contribution in [2.45, 2.75) is 13.8 Å². The molecule has 1 N–H and O–H groups in total. The van der Waals surface area contributed by atoms with Crippen LogP contribution in [0.25, 0.3) is 0 Å². The number of ether oxygens (including phenoxy) is 2. The van der Waals surface area contributed by atoms with Crippen molar-refractivity contribution in [3.8, 4) is 11.5 Å².